The van der Waals surface area contributed by atoms with Gasteiger partial charge in [-0.2, -0.15) is 0 Å². The molecule has 0 aliphatic carbocycles. The highest BCUT2D eigenvalue weighted by atomic mass is 32.2. The van der Waals surface area contributed by atoms with Crippen molar-refractivity contribution in [3.8, 4) is 0 Å². The normalized spacial score (nSPS) is 11.3. The standard InChI is InChI=1S/C17H17N3S2/c1-2-6-15(7-3-1)8-4-13-22-17-19-18-14-20(17)11-10-16-9-5-12-21-16/h1-9,12,14H,10-11,13H2/b8-4-. The molecule has 22 heavy (non-hydrogen) atoms. The van der Waals surface area contributed by atoms with Crippen LogP contribution in [0.25, 0.3) is 6.08 Å². The molecule has 3 rings (SSSR count). The van der Waals surface area contributed by atoms with Crippen LogP contribution >= 0.6 is 23.1 Å². The summed E-state index contributed by atoms with van der Waals surface area (Å²) in [5.41, 5.74) is 1.22. The van der Waals surface area contributed by atoms with Crippen LogP contribution in [-0.4, -0.2) is 20.5 Å². The number of thiophene rings is 1. The summed E-state index contributed by atoms with van der Waals surface area (Å²) in [6.07, 6.45) is 7.15. The number of benzene rings is 1. The van der Waals surface area contributed by atoms with Crippen molar-refractivity contribution < 1.29 is 0 Å². The number of rotatable bonds is 7. The van der Waals surface area contributed by atoms with Crippen LogP contribution in [0.4, 0.5) is 0 Å². The van der Waals surface area contributed by atoms with Crippen LogP contribution in [0.15, 0.2) is 65.4 Å². The number of hydrogen-bond donors (Lipinski definition) is 0. The minimum absolute atomic E-state index is 0.895. The van der Waals surface area contributed by atoms with E-state index in [0.717, 1.165) is 23.9 Å². The molecule has 0 saturated carbocycles. The largest absolute Gasteiger partial charge is 0.308 e. The van der Waals surface area contributed by atoms with Crippen molar-refractivity contribution in [3.63, 3.8) is 0 Å². The molecule has 0 N–H and O–H groups in total. The third kappa shape index (κ3) is 4.32. The average molecular weight is 327 g/mol. The summed E-state index contributed by atoms with van der Waals surface area (Å²) in [6, 6.07) is 14.6. The maximum atomic E-state index is 4.21. The number of aryl methyl sites for hydroxylation is 2. The van der Waals surface area contributed by atoms with Crippen molar-refractivity contribution in [2.45, 2.75) is 18.1 Å². The topological polar surface area (TPSA) is 30.7 Å². The van der Waals surface area contributed by atoms with Crippen molar-refractivity contribution in [2.24, 2.45) is 0 Å². The highest BCUT2D eigenvalue weighted by Crippen LogP contribution is 2.17. The van der Waals surface area contributed by atoms with E-state index in [-0.39, 0.29) is 0 Å². The van der Waals surface area contributed by atoms with Gasteiger partial charge < -0.3 is 4.57 Å². The molecule has 0 aliphatic rings. The Morgan fingerprint density at radius 1 is 1.14 bits per heavy atom. The van der Waals surface area contributed by atoms with Crippen LogP contribution in [0.5, 0.6) is 0 Å². The molecule has 0 spiro atoms. The smallest absolute Gasteiger partial charge is 0.191 e. The molecule has 0 unspecified atom stereocenters. The van der Waals surface area contributed by atoms with Crippen molar-refractivity contribution in [1.29, 1.82) is 0 Å². The zero-order valence-corrected chi connectivity index (χ0v) is 13.8. The number of hydrogen-bond acceptors (Lipinski definition) is 4. The minimum Gasteiger partial charge on any atom is -0.308 e. The second-order valence-corrected chi connectivity index (χ2v) is 6.78. The van der Waals surface area contributed by atoms with E-state index in [1.807, 2.05) is 24.5 Å². The van der Waals surface area contributed by atoms with Crippen LogP contribution in [0.2, 0.25) is 0 Å². The molecule has 3 nitrogen and oxygen atoms in total. The van der Waals surface area contributed by atoms with Crippen LogP contribution < -0.4 is 0 Å². The van der Waals surface area contributed by atoms with Crippen LogP contribution in [0.3, 0.4) is 0 Å². The lowest BCUT2D eigenvalue weighted by atomic mass is 10.2. The summed E-state index contributed by atoms with van der Waals surface area (Å²) in [5.74, 6) is 0.895. The summed E-state index contributed by atoms with van der Waals surface area (Å²) in [5, 5.41) is 11.3. The molecular formula is C17H17N3S2. The van der Waals surface area contributed by atoms with E-state index >= 15 is 0 Å². The molecule has 0 saturated heterocycles. The lowest BCUT2D eigenvalue weighted by Gasteiger charge is -2.04. The van der Waals surface area contributed by atoms with Gasteiger partial charge in [-0.05, 0) is 23.4 Å². The van der Waals surface area contributed by atoms with E-state index in [2.05, 4.69) is 56.6 Å². The van der Waals surface area contributed by atoms with Gasteiger partial charge in [-0.3, -0.25) is 0 Å². The van der Waals surface area contributed by atoms with Gasteiger partial charge in [0.2, 0.25) is 0 Å². The van der Waals surface area contributed by atoms with E-state index in [9.17, 15) is 0 Å². The van der Waals surface area contributed by atoms with Crippen molar-refractivity contribution in [1.82, 2.24) is 14.8 Å². The Labute approximate surface area is 138 Å². The first kappa shape index (κ1) is 15.1. The number of thioether (sulfide) groups is 1. The van der Waals surface area contributed by atoms with Gasteiger partial charge in [0.1, 0.15) is 6.33 Å². The molecule has 0 bridgehead atoms. The molecule has 3 aromatic rings. The summed E-state index contributed by atoms with van der Waals surface area (Å²) in [6.45, 7) is 0.929. The molecule has 1 aromatic carbocycles. The molecular weight excluding hydrogens is 310 g/mol. The predicted octanol–water partition coefficient (Wildman–Crippen LogP) is 4.39. The lowest BCUT2D eigenvalue weighted by Crippen LogP contribution is -2.01. The summed E-state index contributed by atoms with van der Waals surface area (Å²) >= 11 is 3.51. The Morgan fingerprint density at radius 2 is 2.05 bits per heavy atom. The second-order valence-electron chi connectivity index (χ2n) is 4.76. The third-order valence-corrected chi connectivity index (χ3v) is 5.05. The Kier molecular flexibility index (Phi) is 5.45. The summed E-state index contributed by atoms with van der Waals surface area (Å²) < 4.78 is 2.13. The second kappa shape index (κ2) is 7.96. The molecule has 0 amide bonds. The van der Waals surface area contributed by atoms with Crippen LogP contribution in [0, 0.1) is 0 Å². The first-order chi connectivity index (χ1) is 10.9. The van der Waals surface area contributed by atoms with E-state index in [4.69, 9.17) is 0 Å². The molecule has 112 valence electrons. The maximum Gasteiger partial charge on any atom is 0.191 e. The fourth-order valence-corrected chi connectivity index (χ4v) is 3.51. The predicted molar refractivity (Wildman–Crippen MR) is 94.2 cm³/mol. The summed E-state index contributed by atoms with van der Waals surface area (Å²) in [7, 11) is 0. The minimum atomic E-state index is 0.895. The zero-order valence-electron chi connectivity index (χ0n) is 12.1. The fourth-order valence-electron chi connectivity index (χ4n) is 2.07. The van der Waals surface area contributed by atoms with Crippen molar-refractivity contribution >= 4 is 29.2 Å². The number of nitrogens with zero attached hydrogens (tertiary/aromatic N) is 3. The quantitative estimate of drug-likeness (QED) is 0.603. The van der Waals surface area contributed by atoms with Gasteiger partial charge >= 0.3 is 0 Å². The molecule has 0 radical (unpaired) electrons. The SMILES string of the molecule is C(=C/c1ccccc1)/CSc1nncn1CCc1cccs1. The molecule has 0 fully saturated rings. The summed E-state index contributed by atoms with van der Waals surface area (Å²) in [4.78, 5) is 1.40. The number of aromatic nitrogens is 3. The first-order valence-electron chi connectivity index (χ1n) is 7.16. The van der Waals surface area contributed by atoms with Crippen LogP contribution in [-0.2, 0) is 13.0 Å². The van der Waals surface area contributed by atoms with Gasteiger partial charge in [0, 0.05) is 17.2 Å². The van der Waals surface area contributed by atoms with Crippen molar-refractivity contribution in [3.05, 3.63) is 70.7 Å². The molecule has 0 aliphatic heterocycles. The van der Waals surface area contributed by atoms with E-state index in [0.29, 0.717) is 0 Å². The Bertz CT molecular complexity index is 703. The van der Waals surface area contributed by atoms with E-state index in [1.54, 1.807) is 23.1 Å². The van der Waals surface area contributed by atoms with Gasteiger partial charge in [-0.15, -0.1) is 21.5 Å². The molecule has 5 heteroatoms. The Hall–Kier alpha value is -1.85. The molecule has 0 atom stereocenters. The van der Waals surface area contributed by atoms with Gasteiger partial charge in [0.25, 0.3) is 0 Å². The van der Waals surface area contributed by atoms with Gasteiger partial charge in [-0.25, -0.2) is 0 Å². The Balaban J connectivity index is 1.51. The lowest BCUT2D eigenvalue weighted by molar-refractivity contribution is 0.638. The Morgan fingerprint density at radius 3 is 2.86 bits per heavy atom. The average Bonchev–Trinajstić information content (AvgIpc) is 3.22. The van der Waals surface area contributed by atoms with Gasteiger partial charge in [0.05, 0.1) is 0 Å². The first-order valence-corrected chi connectivity index (χ1v) is 9.03. The van der Waals surface area contributed by atoms with Crippen LogP contribution in [0.1, 0.15) is 10.4 Å². The van der Waals surface area contributed by atoms with E-state index in [1.165, 1.54) is 10.4 Å². The van der Waals surface area contributed by atoms with Crippen molar-refractivity contribution in [2.75, 3.05) is 5.75 Å². The monoisotopic (exact) mass is 327 g/mol. The molecule has 2 aromatic heterocycles. The zero-order chi connectivity index (χ0) is 15.0. The van der Waals surface area contributed by atoms with Gasteiger partial charge in [-0.1, -0.05) is 60.3 Å². The van der Waals surface area contributed by atoms with E-state index < -0.39 is 0 Å². The van der Waals surface area contributed by atoms with Gasteiger partial charge in [0.15, 0.2) is 5.16 Å². The fraction of sp³-hybridized carbons (Fsp3) is 0.176. The molecule has 2 heterocycles. The highest BCUT2D eigenvalue weighted by Gasteiger charge is 2.04. The highest BCUT2D eigenvalue weighted by molar-refractivity contribution is 7.99. The third-order valence-electron chi connectivity index (χ3n) is 3.18. The maximum absolute atomic E-state index is 4.21.